The summed E-state index contributed by atoms with van der Waals surface area (Å²) in [4.78, 5) is 22.8. The van der Waals surface area contributed by atoms with Crippen LogP contribution in [0.25, 0.3) is 0 Å². The molecule has 148 valence electrons. The van der Waals surface area contributed by atoms with Gasteiger partial charge in [-0.15, -0.1) is 0 Å². The summed E-state index contributed by atoms with van der Waals surface area (Å²) in [7, 11) is -2.34. The van der Waals surface area contributed by atoms with E-state index < -0.39 is 33.3 Å². The Balaban J connectivity index is 2.07. The number of esters is 2. The monoisotopic (exact) mass is 395 g/mol. The summed E-state index contributed by atoms with van der Waals surface area (Å²) in [5.74, 6) is -1.43. The number of benzene rings is 1. The van der Waals surface area contributed by atoms with Crippen LogP contribution in [0, 0.1) is 0 Å². The smallest absolute Gasteiger partial charge is 0.331 e. The number of methoxy groups -OCH3 is 1. The Morgan fingerprint density at radius 1 is 1.11 bits per heavy atom. The van der Waals surface area contributed by atoms with Crippen LogP contribution in [0.3, 0.4) is 0 Å². The van der Waals surface area contributed by atoms with E-state index in [0.717, 1.165) is 31.4 Å². The summed E-state index contributed by atoms with van der Waals surface area (Å²) in [5.41, 5.74) is 0.696. The second-order valence-electron chi connectivity index (χ2n) is 6.37. The zero-order valence-electron chi connectivity index (χ0n) is 15.3. The van der Waals surface area contributed by atoms with E-state index in [9.17, 15) is 18.0 Å². The zero-order valence-corrected chi connectivity index (χ0v) is 16.1. The molecule has 2 rings (SSSR count). The zero-order chi connectivity index (χ0) is 19.7. The predicted octanol–water partition coefficient (Wildman–Crippen LogP) is 2.25. The van der Waals surface area contributed by atoms with Gasteiger partial charge in [0.2, 0.25) is 10.0 Å². The van der Waals surface area contributed by atoms with E-state index in [1.807, 2.05) is 6.07 Å². The van der Waals surface area contributed by atoms with Gasteiger partial charge in [0.1, 0.15) is 6.61 Å². The summed E-state index contributed by atoms with van der Waals surface area (Å²) < 4.78 is 37.7. The summed E-state index contributed by atoms with van der Waals surface area (Å²) in [6, 6.07) is 8.24. The SMILES string of the molecule is COC(=O)/C=C/C(=O)OCC(NS(=O)(=O)C1CCCCC1)c1ccccc1. The average molecular weight is 395 g/mol. The summed E-state index contributed by atoms with van der Waals surface area (Å²) >= 11 is 0. The third kappa shape index (κ3) is 6.80. The molecule has 0 aromatic heterocycles. The molecule has 0 radical (unpaired) electrons. The molecule has 0 aliphatic heterocycles. The van der Waals surface area contributed by atoms with E-state index in [-0.39, 0.29) is 6.61 Å². The standard InChI is InChI=1S/C19H25NO6S/c1-25-18(21)12-13-19(22)26-14-17(15-8-4-2-5-9-15)20-27(23,24)16-10-6-3-7-11-16/h2,4-5,8-9,12-13,16-17,20H,3,6-7,10-11,14H2,1H3/b13-12+. The topological polar surface area (TPSA) is 98.8 Å². The maximum Gasteiger partial charge on any atom is 0.331 e. The Hall–Kier alpha value is -2.19. The van der Waals surface area contributed by atoms with E-state index in [1.54, 1.807) is 24.3 Å². The number of rotatable bonds is 8. The van der Waals surface area contributed by atoms with Crippen molar-refractivity contribution in [3.63, 3.8) is 0 Å². The van der Waals surface area contributed by atoms with Gasteiger partial charge in [-0.1, -0.05) is 49.6 Å². The first-order valence-electron chi connectivity index (χ1n) is 8.91. The maximum atomic E-state index is 12.7. The van der Waals surface area contributed by atoms with Crippen LogP contribution >= 0.6 is 0 Å². The third-order valence-corrected chi connectivity index (χ3v) is 6.41. The second-order valence-corrected chi connectivity index (χ2v) is 8.37. The average Bonchev–Trinajstić information content (AvgIpc) is 2.70. The minimum atomic E-state index is -3.54. The first-order valence-corrected chi connectivity index (χ1v) is 10.5. The minimum Gasteiger partial charge on any atom is -0.466 e. The molecule has 1 aromatic carbocycles. The Labute approximate surface area is 159 Å². The van der Waals surface area contributed by atoms with Gasteiger partial charge in [-0.2, -0.15) is 0 Å². The van der Waals surface area contributed by atoms with Crippen molar-refractivity contribution in [3.05, 3.63) is 48.0 Å². The van der Waals surface area contributed by atoms with Crippen molar-refractivity contribution in [3.8, 4) is 0 Å². The van der Waals surface area contributed by atoms with Crippen molar-refractivity contribution in [2.24, 2.45) is 0 Å². The normalized spacial score (nSPS) is 16.8. The van der Waals surface area contributed by atoms with Gasteiger partial charge < -0.3 is 9.47 Å². The fourth-order valence-electron chi connectivity index (χ4n) is 2.97. The highest BCUT2D eigenvalue weighted by Crippen LogP contribution is 2.25. The molecule has 8 heteroatoms. The molecule has 0 saturated heterocycles. The summed E-state index contributed by atoms with van der Waals surface area (Å²) in [6.07, 6.45) is 6.02. The van der Waals surface area contributed by atoms with E-state index >= 15 is 0 Å². The van der Waals surface area contributed by atoms with Crippen LogP contribution in [0.1, 0.15) is 43.7 Å². The molecule has 7 nitrogen and oxygen atoms in total. The van der Waals surface area contributed by atoms with E-state index in [4.69, 9.17) is 4.74 Å². The maximum absolute atomic E-state index is 12.7. The highest BCUT2D eigenvalue weighted by atomic mass is 32.2. The molecule has 1 unspecified atom stereocenters. The molecule has 1 aliphatic carbocycles. The number of carbonyl (C=O) groups is 2. The molecule has 0 heterocycles. The molecular weight excluding hydrogens is 370 g/mol. The molecule has 1 atom stereocenters. The number of ether oxygens (including phenoxy) is 2. The van der Waals surface area contributed by atoms with Gasteiger partial charge in [-0.25, -0.2) is 22.7 Å². The fraction of sp³-hybridized carbons (Fsp3) is 0.474. The second kappa shape index (κ2) is 10.2. The van der Waals surface area contributed by atoms with Gasteiger partial charge in [0, 0.05) is 12.2 Å². The molecule has 0 spiro atoms. The largest absolute Gasteiger partial charge is 0.466 e. The highest BCUT2D eigenvalue weighted by Gasteiger charge is 2.30. The molecule has 1 fully saturated rings. The molecule has 1 aliphatic rings. The van der Waals surface area contributed by atoms with E-state index in [0.29, 0.717) is 18.4 Å². The van der Waals surface area contributed by atoms with Crippen molar-refractivity contribution in [2.75, 3.05) is 13.7 Å². The molecule has 0 amide bonds. The minimum absolute atomic E-state index is 0.180. The number of sulfonamides is 1. The van der Waals surface area contributed by atoms with Crippen molar-refractivity contribution in [2.45, 2.75) is 43.4 Å². The van der Waals surface area contributed by atoms with Gasteiger partial charge in [0.15, 0.2) is 0 Å². The molecule has 1 saturated carbocycles. The van der Waals surface area contributed by atoms with Crippen LogP contribution in [0.5, 0.6) is 0 Å². The van der Waals surface area contributed by atoms with Gasteiger partial charge >= 0.3 is 11.9 Å². The lowest BCUT2D eigenvalue weighted by molar-refractivity contribution is -0.139. The Bertz CT molecular complexity index is 754. The lowest BCUT2D eigenvalue weighted by Gasteiger charge is -2.25. The van der Waals surface area contributed by atoms with E-state index in [2.05, 4.69) is 9.46 Å². The van der Waals surface area contributed by atoms with Crippen molar-refractivity contribution in [1.29, 1.82) is 0 Å². The number of nitrogens with one attached hydrogen (secondary N) is 1. The number of carbonyl (C=O) groups excluding carboxylic acids is 2. The van der Waals surface area contributed by atoms with E-state index in [1.165, 1.54) is 7.11 Å². The Morgan fingerprint density at radius 3 is 2.37 bits per heavy atom. The van der Waals surface area contributed by atoms with Crippen molar-refractivity contribution >= 4 is 22.0 Å². The molecule has 0 bridgehead atoms. The van der Waals surface area contributed by atoms with Crippen LogP contribution < -0.4 is 4.72 Å². The van der Waals surface area contributed by atoms with Gasteiger partial charge in [0.05, 0.1) is 18.4 Å². The number of hydrogen-bond acceptors (Lipinski definition) is 6. The Morgan fingerprint density at radius 2 is 1.74 bits per heavy atom. The van der Waals surface area contributed by atoms with Gasteiger partial charge in [-0.3, -0.25) is 0 Å². The Kier molecular flexibility index (Phi) is 7.99. The summed E-state index contributed by atoms with van der Waals surface area (Å²) in [6.45, 7) is -0.180. The number of hydrogen-bond donors (Lipinski definition) is 1. The van der Waals surface area contributed by atoms with Crippen LogP contribution in [-0.2, 0) is 29.1 Å². The lowest BCUT2D eigenvalue weighted by atomic mass is 10.0. The quantitative estimate of drug-likeness (QED) is 0.535. The molecule has 27 heavy (non-hydrogen) atoms. The molecule has 1 aromatic rings. The fourth-order valence-corrected chi connectivity index (χ4v) is 4.72. The summed E-state index contributed by atoms with van der Waals surface area (Å²) in [5, 5.41) is -0.424. The van der Waals surface area contributed by atoms with Gasteiger partial charge in [-0.05, 0) is 18.4 Å². The van der Waals surface area contributed by atoms with Crippen molar-refractivity contribution in [1.82, 2.24) is 4.72 Å². The van der Waals surface area contributed by atoms with Crippen LogP contribution in [-0.4, -0.2) is 39.3 Å². The third-order valence-electron chi connectivity index (χ3n) is 4.45. The molecule has 1 N–H and O–H groups in total. The highest BCUT2D eigenvalue weighted by molar-refractivity contribution is 7.90. The van der Waals surface area contributed by atoms with Crippen LogP contribution in [0.2, 0.25) is 0 Å². The van der Waals surface area contributed by atoms with Crippen molar-refractivity contribution < 1.29 is 27.5 Å². The van der Waals surface area contributed by atoms with Crippen LogP contribution in [0.15, 0.2) is 42.5 Å². The lowest BCUT2D eigenvalue weighted by Crippen LogP contribution is -2.39. The van der Waals surface area contributed by atoms with Crippen LogP contribution in [0.4, 0.5) is 0 Å². The first kappa shape index (κ1) is 21.1. The van der Waals surface area contributed by atoms with Gasteiger partial charge in [0.25, 0.3) is 0 Å². The first-order chi connectivity index (χ1) is 12.9. The predicted molar refractivity (Wildman–Crippen MR) is 100 cm³/mol. The molecular formula is C19H25NO6S.